The van der Waals surface area contributed by atoms with Crippen molar-refractivity contribution in [3.05, 3.63) is 24.3 Å². The fourth-order valence-electron chi connectivity index (χ4n) is 8.61. The zero-order valence-corrected chi connectivity index (χ0v) is 43.8. The summed E-state index contributed by atoms with van der Waals surface area (Å²) in [5, 5.41) is 0. The molecule has 0 bridgehead atoms. The van der Waals surface area contributed by atoms with Crippen molar-refractivity contribution in [2.45, 2.75) is 322 Å². The Kier molecular flexibility index (Phi) is 52.7. The van der Waals surface area contributed by atoms with Gasteiger partial charge in [-0.2, -0.15) is 0 Å². The molecular formula is C59H110O6. The molecule has 0 amide bonds. The highest BCUT2D eigenvalue weighted by Crippen LogP contribution is 2.17. The van der Waals surface area contributed by atoms with Crippen LogP contribution < -0.4 is 0 Å². The maximum atomic E-state index is 12.8. The molecule has 0 aromatic heterocycles. The molecule has 0 fully saturated rings. The van der Waals surface area contributed by atoms with Gasteiger partial charge in [0.15, 0.2) is 6.10 Å². The molecule has 6 heteroatoms. The van der Waals surface area contributed by atoms with E-state index in [1.54, 1.807) is 0 Å². The molecule has 65 heavy (non-hydrogen) atoms. The van der Waals surface area contributed by atoms with E-state index in [1.807, 2.05) is 0 Å². The number of hydrogen-bond donors (Lipinski definition) is 0. The molecule has 6 nitrogen and oxygen atoms in total. The molecule has 0 saturated carbocycles. The summed E-state index contributed by atoms with van der Waals surface area (Å²) < 4.78 is 16.9. The molecule has 0 aromatic carbocycles. The van der Waals surface area contributed by atoms with Crippen molar-refractivity contribution in [2.24, 2.45) is 0 Å². The summed E-state index contributed by atoms with van der Waals surface area (Å²) >= 11 is 0. The minimum absolute atomic E-state index is 0.0707. The third-order valence-corrected chi connectivity index (χ3v) is 13.0. The third-order valence-electron chi connectivity index (χ3n) is 13.0. The number of ether oxygens (including phenoxy) is 3. The van der Waals surface area contributed by atoms with Crippen molar-refractivity contribution in [2.75, 3.05) is 13.2 Å². The first-order valence-corrected chi connectivity index (χ1v) is 28.9. The summed E-state index contributed by atoms with van der Waals surface area (Å²) in [5.74, 6) is -0.865. The van der Waals surface area contributed by atoms with Crippen LogP contribution in [0.1, 0.15) is 316 Å². The molecule has 1 unspecified atom stereocenters. The molecule has 0 rings (SSSR count). The molecule has 0 N–H and O–H groups in total. The number of unbranched alkanes of at least 4 members (excludes halogenated alkanes) is 39. The minimum Gasteiger partial charge on any atom is -0.462 e. The second-order valence-corrected chi connectivity index (χ2v) is 19.6. The first-order valence-electron chi connectivity index (χ1n) is 28.9. The largest absolute Gasteiger partial charge is 0.462 e. The third kappa shape index (κ3) is 52.7. The van der Waals surface area contributed by atoms with Crippen LogP contribution >= 0.6 is 0 Å². The van der Waals surface area contributed by atoms with E-state index in [-0.39, 0.29) is 31.1 Å². The Morgan fingerprint density at radius 3 is 0.815 bits per heavy atom. The minimum atomic E-state index is -0.772. The van der Waals surface area contributed by atoms with Crippen LogP contribution in [-0.4, -0.2) is 37.2 Å². The van der Waals surface area contributed by atoms with E-state index in [2.05, 4.69) is 45.1 Å². The molecule has 0 aliphatic carbocycles. The van der Waals surface area contributed by atoms with Gasteiger partial charge in [0.2, 0.25) is 0 Å². The normalized spacial score (nSPS) is 12.1. The fourth-order valence-corrected chi connectivity index (χ4v) is 8.61. The van der Waals surface area contributed by atoms with Gasteiger partial charge < -0.3 is 14.2 Å². The zero-order valence-electron chi connectivity index (χ0n) is 43.8. The lowest BCUT2D eigenvalue weighted by Gasteiger charge is -2.18. The highest BCUT2D eigenvalue weighted by molar-refractivity contribution is 5.71. The molecule has 0 aromatic rings. The standard InChI is InChI=1S/C59H110O6/c1-4-7-10-13-16-19-22-25-28-29-30-32-34-37-40-43-46-49-52-58(61)64-55-56(54-63-57(60)51-48-45-42-39-36-33-27-24-21-18-15-12-9-6-3)65-59(62)53-50-47-44-41-38-35-31-26-23-20-17-14-11-8-5-2/h28-30,32,56H,4-27,31,33-55H2,1-3H3/b29-28-,32-30-. The maximum Gasteiger partial charge on any atom is 0.306 e. The summed E-state index contributed by atoms with van der Waals surface area (Å²) in [5.41, 5.74) is 0. The SMILES string of the molecule is CCCCCCCCC/C=C\C=C/CCCCCCCC(=O)OCC(COC(=O)CCCCCCCCCCCCCCCC)OC(=O)CCCCCCCCCCCCCCCCC. The van der Waals surface area contributed by atoms with E-state index < -0.39 is 6.10 Å². The Hall–Kier alpha value is -2.11. The Labute approximate surface area is 404 Å². The van der Waals surface area contributed by atoms with Gasteiger partial charge >= 0.3 is 17.9 Å². The number of esters is 3. The Balaban J connectivity index is 4.35. The van der Waals surface area contributed by atoms with E-state index in [4.69, 9.17) is 14.2 Å². The number of allylic oxidation sites excluding steroid dienone is 4. The Morgan fingerprint density at radius 2 is 0.538 bits per heavy atom. The van der Waals surface area contributed by atoms with E-state index in [9.17, 15) is 14.4 Å². The fraction of sp³-hybridized carbons (Fsp3) is 0.881. The second kappa shape index (κ2) is 54.5. The van der Waals surface area contributed by atoms with Gasteiger partial charge in [-0.05, 0) is 44.9 Å². The Bertz CT molecular complexity index is 1050. The summed E-state index contributed by atoms with van der Waals surface area (Å²) in [7, 11) is 0. The predicted molar refractivity (Wildman–Crippen MR) is 279 cm³/mol. The molecule has 1 atom stereocenters. The zero-order chi connectivity index (χ0) is 47.2. The number of rotatable bonds is 53. The molecular weight excluding hydrogens is 805 g/mol. The van der Waals surface area contributed by atoms with Crippen LogP contribution in [-0.2, 0) is 28.6 Å². The van der Waals surface area contributed by atoms with Gasteiger partial charge in [-0.1, -0.05) is 276 Å². The van der Waals surface area contributed by atoms with Gasteiger partial charge in [0, 0.05) is 19.3 Å². The molecule has 0 radical (unpaired) electrons. The monoisotopic (exact) mass is 915 g/mol. The first kappa shape index (κ1) is 62.9. The lowest BCUT2D eigenvalue weighted by Crippen LogP contribution is -2.30. The van der Waals surface area contributed by atoms with E-state index >= 15 is 0 Å². The topological polar surface area (TPSA) is 78.9 Å². The summed E-state index contributed by atoms with van der Waals surface area (Å²) in [4.78, 5) is 38.1. The molecule has 0 aliphatic rings. The molecule has 0 heterocycles. The van der Waals surface area contributed by atoms with Gasteiger partial charge in [-0.3, -0.25) is 14.4 Å². The van der Waals surface area contributed by atoms with Crippen molar-refractivity contribution < 1.29 is 28.6 Å². The molecule has 0 saturated heterocycles. The number of carbonyl (C=O) groups excluding carboxylic acids is 3. The van der Waals surface area contributed by atoms with Crippen LogP contribution in [0.4, 0.5) is 0 Å². The van der Waals surface area contributed by atoms with Gasteiger partial charge in [0.05, 0.1) is 0 Å². The van der Waals surface area contributed by atoms with Gasteiger partial charge in [0.1, 0.15) is 13.2 Å². The summed E-state index contributed by atoms with van der Waals surface area (Å²) in [6.07, 6.45) is 63.0. The van der Waals surface area contributed by atoms with Gasteiger partial charge in [0.25, 0.3) is 0 Å². The summed E-state index contributed by atoms with van der Waals surface area (Å²) in [6, 6.07) is 0. The van der Waals surface area contributed by atoms with Gasteiger partial charge in [-0.25, -0.2) is 0 Å². The lowest BCUT2D eigenvalue weighted by molar-refractivity contribution is -0.167. The van der Waals surface area contributed by atoms with Crippen molar-refractivity contribution >= 4 is 17.9 Å². The van der Waals surface area contributed by atoms with Crippen LogP contribution in [0.15, 0.2) is 24.3 Å². The van der Waals surface area contributed by atoms with E-state index in [0.29, 0.717) is 19.3 Å². The Morgan fingerprint density at radius 1 is 0.308 bits per heavy atom. The highest BCUT2D eigenvalue weighted by atomic mass is 16.6. The van der Waals surface area contributed by atoms with Crippen molar-refractivity contribution in [3.8, 4) is 0 Å². The smallest absolute Gasteiger partial charge is 0.306 e. The van der Waals surface area contributed by atoms with Crippen LogP contribution in [0.25, 0.3) is 0 Å². The predicted octanol–water partition coefficient (Wildman–Crippen LogP) is 19.1. The van der Waals surface area contributed by atoms with Crippen LogP contribution in [0, 0.1) is 0 Å². The lowest BCUT2D eigenvalue weighted by atomic mass is 10.0. The van der Waals surface area contributed by atoms with Crippen LogP contribution in [0.3, 0.4) is 0 Å². The van der Waals surface area contributed by atoms with Gasteiger partial charge in [-0.15, -0.1) is 0 Å². The average molecular weight is 916 g/mol. The van der Waals surface area contributed by atoms with Crippen molar-refractivity contribution in [1.29, 1.82) is 0 Å². The highest BCUT2D eigenvalue weighted by Gasteiger charge is 2.19. The molecule has 382 valence electrons. The summed E-state index contributed by atoms with van der Waals surface area (Å²) in [6.45, 7) is 6.67. The van der Waals surface area contributed by atoms with Crippen molar-refractivity contribution in [3.63, 3.8) is 0 Å². The van der Waals surface area contributed by atoms with Crippen LogP contribution in [0.2, 0.25) is 0 Å². The number of hydrogen-bond acceptors (Lipinski definition) is 6. The van der Waals surface area contributed by atoms with E-state index in [1.165, 1.54) is 199 Å². The van der Waals surface area contributed by atoms with Crippen LogP contribution in [0.5, 0.6) is 0 Å². The number of carbonyl (C=O) groups is 3. The first-order chi connectivity index (χ1) is 32.0. The second-order valence-electron chi connectivity index (χ2n) is 19.6. The quantitative estimate of drug-likeness (QED) is 0.0262. The van der Waals surface area contributed by atoms with Crippen molar-refractivity contribution in [1.82, 2.24) is 0 Å². The van der Waals surface area contributed by atoms with E-state index in [0.717, 1.165) is 77.0 Å². The average Bonchev–Trinajstić information content (AvgIpc) is 3.30. The molecule has 0 spiro atoms. The molecule has 0 aliphatic heterocycles. The maximum absolute atomic E-state index is 12.8.